The standard InChI is InChI=1S/C27H22ClFN4O2S2/c28-17-8-10-18(11-9-17)37-24-13-12-22(35-24)26-25(21-7-3-4-15-30-21)32-27(36)33(26)16-14-23(34)31-20-6-2-1-5-19(20)29/h1-13,15,25-26H,14,16H2,(H,31,34)(H,32,36)/t25-,26+/m0/s1. The maximum Gasteiger partial charge on any atom is 0.226 e. The topological polar surface area (TPSA) is 70.4 Å². The van der Waals surface area contributed by atoms with Gasteiger partial charge in [0.1, 0.15) is 17.6 Å². The number of nitrogens with one attached hydrogen (secondary N) is 2. The van der Waals surface area contributed by atoms with Gasteiger partial charge in [-0.25, -0.2) is 4.39 Å². The number of amides is 1. The number of anilines is 1. The van der Waals surface area contributed by atoms with Crippen molar-refractivity contribution in [3.8, 4) is 0 Å². The molecular weight excluding hydrogens is 531 g/mol. The largest absolute Gasteiger partial charge is 0.452 e. The predicted octanol–water partition coefficient (Wildman–Crippen LogP) is 6.62. The number of carbonyl (C=O) groups excluding carboxylic acids is 1. The number of thiocarbonyl (C=S) groups is 1. The van der Waals surface area contributed by atoms with E-state index in [0.29, 0.717) is 27.5 Å². The van der Waals surface area contributed by atoms with E-state index in [2.05, 4.69) is 15.6 Å². The molecule has 188 valence electrons. The van der Waals surface area contributed by atoms with Gasteiger partial charge in [0.05, 0.1) is 17.4 Å². The van der Waals surface area contributed by atoms with Crippen LogP contribution in [0.4, 0.5) is 10.1 Å². The fourth-order valence-corrected chi connectivity index (χ4v) is 5.36. The Morgan fingerprint density at radius 1 is 1.11 bits per heavy atom. The summed E-state index contributed by atoms with van der Waals surface area (Å²) in [5.74, 6) is -0.107. The average molecular weight is 553 g/mol. The van der Waals surface area contributed by atoms with Gasteiger partial charge in [-0.15, -0.1) is 0 Å². The Hall–Kier alpha value is -3.40. The van der Waals surface area contributed by atoms with Gasteiger partial charge in [-0.05, 0) is 72.9 Å². The van der Waals surface area contributed by atoms with E-state index in [0.717, 1.165) is 10.6 Å². The molecule has 0 unspecified atom stereocenters. The van der Waals surface area contributed by atoms with E-state index in [4.69, 9.17) is 28.2 Å². The first-order valence-corrected chi connectivity index (χ1v) is 13.1. The molecule has 1 amide bonds. The Bertz CT molecular complexity index is 1400. The lowest BCUT2D eigenvalue weighted by atomic mass is 10.0. The number of pyridine rings is 1. The fourth-order valence-electron chi connectivity index (χ4n) is 4.12. The van der Waals surface area contributed by atoms with Crippen molar-refractivity contribution < 1.29 is 13.6 Å². The molecule has 0 radical (unpaired) electrons. The van der Waals surface area contributed by atoms with Crippen molar-refractivity contribution in [3.63, 3.8) is 0 Å². The summed E-state index contributed by atoms with van der Waals surface area (Å²) in [5, 5.41) is 7.84. The maximum absolute atomic E-state index is 14.0. The highest BCUT2D eigenvalue weighted by molar-refractivity contribution is 7.99. The van der Waals surface area contributed by atoms with Gasteiger partial charge in [0.2, 0.25) is 5.91 Å². The van der Waals surface area contributed by atoms with Crippen LogP contribution in [0.15, 0.2) is 99.5 Å². The Balaban J connectivity index is 1.36. The van der Waals surface area contributed by atoms with Gasteiger partial charge in [-0.2, -0.15) is 0 Å². The van der Waals surface area contributed by atoms with Crippen LogP contribution in [-0.4, -0.2) is 27.4 Å². The van der Waals surface area contributed by atoms with E-state index < -0.39 is 5.82 Å². The zero-order valence-electron chi connectivity index (χ0n) is 19.4. The minimum absolute atomic E-state index is 0.106. The minimum atomic E-state index is -0.483. The van der Waals surface area contributed by atoms with E-state index in [9.17, 15) is 9.18 Å². The summed E-state index contributed by atoms with van der Waals surface area (Å²) in [6.45, 7) is 0.306. The van der Waals surface area contributed by atoms with Crippen molar-refractivity contribution in [2.75, 3.05) is 11.9 Å². The van der Waals surface area contributed by atoms with E-state index in [1.54, 1.807) is 18.3 Å². The van der Waals surface area contributed by atoms with E-state index in [1.165, 1.54) is 23.9 Å². The number of carbonyl (C=O) groups is 1. The lowest BCUT2D eigenvalue weighted by Gasteiger charge is -2.25. The van der Waals surface area contributed by atoms with Crippen LogP contribution in [0.2, 0.25) is 5.02 Å². The van der Waals surface area contributed by atoms with Crippen LogP contribution in [0.1, 0.15) is 30.0 Å². The van der Waals surface area contributed by atoms with Crippen molar-refractivity contribution in [1.82, 2.24) is 15.2 Å². The Kier molecular flexibility index (Phi) is 7.73. The first kappa shape index (κ1) is 25.3. The molecule has 10 heteroatoms. The molecule has 5 rings (SSSR count). The second-order valence-corrected chi connectivity index (χ2v) is 10.2. The van der Waals surface area contributed by atoms with Crippen LogP contribution in [0.3, 0.4) is 0 Å². The summed E-state index contributed by atoms with van der Waals surface area (Å²) in [7, 11) is 0. The predicted molar refractivity (Wildman–Crippen MR) is 146 cm³/mol. The zero-order chi connectivity index (χ0) is 25.8. The SMILES string of the molecule is O=C(CCN1C(=S)N[C@@H](c2ccccn2)[C@H]1c1ccc(Sc2ccc(Cl)cc2)o1)Nc1ccccc1F. The highest BCUT2D eigenvalue weighted by Crippen LogP contribution is 2.41. The maximum atomic E-state index is 14.0. The summed E-state index contributed by atoms with van der Waals surface area (Å²) < 4.78 is 20.2. The molecular formula is C27H22ClFN4O2S2. The van der Waals surface area contributed by atoms with Gasteiger partial charge in [0, 0.05) is 29.1 Å². The molecule has 4 aromatic rings. The van der Waals surface area contributed by atoms with Crippen LogP contribution in [0.25, 0.3) is 0 Å². The summed E-state index contributed by atoms with van der Waals surface area (Å²) in [6, 6.07) is 22.5. The third kappa shape index (κ3) is 5.95. The Labute approximate surface area is 228 Å². The van der Waals surface area contributed by atoms with Crippen molar-refractivity contribution in [1.29, 1.82) is 0 Å². The molecule has 0 bridgehead atoms. The van der Waals surface area contributed by atoms with Crippen molar-refractivity contribution >= 4 is 52.3 Å². The molecule has 2 N–H and O–H groups in total. The number of aromatic nitrogens is 1. The Morgan fingerprint density at radius 2 is 1.89 bits per heavy atom. The van der Waals surface area contributed by atoms with Crippen molar-refractivity contribution in [3.05, 3.63) is 107 Å². The molecule has 0 saturated carbocycles. The van der Waals surface area contributed by atoms with Gasteiger partial charge < -0.3 is 20.0 Å². The third-order valence-electron chi connectivity index (χ3n) is 5.85. The molecule has 2 aromatic heterocycles. The molecule has 1 saturated heterocycles. The second kappa shape index (κ2) is 11.3. The highest BCUT2D eigenvalue weighted by atomic mass is 35.5. The molecule has 1 aliphatic rings. The van der Waals surface area contributed by atoms with Crippen LogP contribution in [-0.2, 0) is 4.79 Å². The van der Waals surface area contributed by atoms with Crippen LogP contribution in [0, 0.1) is 5.82 Å². The van der Waals surface area contributed by atoms with Gasteiger partial charge in [-0.3, -0.25) is 9.78 Å². The van der Waals surface area contributed by atoms with Gasteiger partial charge in [0.15, 0.2) is 10.2 Å². The number of para-hydroxylation sites is 1. The van der Waals surface area contributed by atoms with E-state index >= 15 is 0 Å². The van der Waals surface area contributed by atoms with Gasteiger partial charge in [0.25, 0.3) is 0 Å². The molecule has 6 nitrogen and oxygen atoms in total. The molecule has 2 atom stereocenters. The zero-order valence-corrected chi connectivity index (χ0v) is 21.8. The molecule has 37 heavy (non-hydrogen) atoms. The van der Waals surface area contributed by atoms with Crippen LogP contribution < -0.4 is 10.6 Å². The van der Waals surface area contributed by atoms with Crippen molar-refractivity contribution in [2.45, 2.75) is 28.5 Å². The number of hydrogen-bond donors (Lipinski definition) is 2. The number of hydrogen-bond acceptors (Lipinski definition) is 5. The molecule has 0 aliphatic carbocycles. The lowest BCUT2D eigenvalue weighted by molar-refractivity contribution is -0.116. The van der Waals surface area contributed by atoms with Crippen LogP contribution >= 0.6 is 35.6 Å². The lowest BCUT2D eigenvalue weighted by Crippen LogP contribution is -2.32. The summed E-state index contributed by atoms with van der Waals surface area (Å²) in [5.41, 5.74) is 0.948. The van der Waals surface area contributed by atoms with E-state index in [1.807, 2.05) is 59.5 Å². The highest BCUT2D eigenvalue weighted by Gasteiger charge is 2.41. The minimum Gasteiger partial charge on any atom is -0.452 e. The first-order valence-electron chi connectivity index (χ1n) is 11.5. The van der Waals surface area contributed by atoms with Crippen molar-refractivity contribution in [2.24, 2.45) is 0 Å². The smallest absolute Gasteiger partial charge is 0.226 e. The number of halogens is 2. The van der Waals surface area contributed by atoms with E-state index in [-0.39, 0.29) is 30.1 Å². The normalized spacial score (nSPS) is 17.0. The third-order valence-corrected chi connectivity index (χ3v) is 7.38. The number of furan rings is 1. The first-order chi connectivity index (χ1) is 18.0. The van der Waals surface area contributed by atoms with Crippen LogP contribution in [0.5, 0.6) is 0 Å². The molecule has 1 fully saturated rings. The quantitative estimate of drug-likeness (QED) is 0.238. The monoisotopic (exact) mass is 552 g/mol. The molecule has 0 spiro atoms. The molecule has 3 heterocycles. The summed E-state index contributed by atoms with van der Waals surface area (Å²) in [6.07, 6.45) is 1.83. The number of rotatable bonds is 8. The average Bonchev–Trinajstić information content (AvgIpc) is 3.49. The second-order valence-electron chi connectivity index (χ2n) is 8.31. The Morgan fingerprint density at radius 3 is 2.65 bits per heavy atom. The number of benzene rings is 2. The van der Waals surface area contributed by atoms with Gasteiger partial charge in [-0.1, -0.05) is 41.6 Å². The molecule has 2 aromatic carbocycles. The summed E-state index contributed by atoms with van der Waals surface area (Å²) in [4.78, 5) is 20.1. The van der Waals surface area contributed by atoms with Gasteiger partial charge >= 0.3 is 0 Å². The molecule has 1 aliphatic heterocycles. The summed E-state index contributed by atoms with van der Waals surface area (Å²) >= 11 is 13.1. The number of nitrogens with zero attached hydrogens (tertiary/aromatic N) is 2. The fraction of sp³-hybridized carbons (Fsp3) is 0.148.